The second-order valence-corrected chi connectivity index (χ2v) is 9.64. The molecule has 0 saturated carbocycles. The quantitative estimate of drug-likeness (QED) is 0.587. The molecule has 1 aliphatic rings. The van der Waals surface area contributed by atoms with Crippen LogP contribution in [-0.4, -0.2) is 57.6 Å². The van der Waals surface area contributed by atoms with Gasteiger partial charge in [-0.05, 0) is 55.2 Å². The van der Waals surface area contributed by atoms with E-state index in [-0.39, 0.29) is 24.5 Å². The summed E-state index contributed by atoms with van der Waals surface area (Å²) >= 11 is 0. The van der Waals surface area contributed by atoms with Crippen LogP contribution in [0.25, 0.3) is 0 Å². The van der Waals surface area contributed by atoms with Gasteiger partial charge in [0.15, 0.2) is 0 Å². The van der Waals surface area contributed by atoms with Crippen LogP contribution >= 0.6 is 0 Å². The number of nitrogens with one attached hydrogen (secondary N) is 2. The van der Waals surface area contributed by atoms with E-state index in [1.807, 2.05) is 31.2 Å². The Morgan fingerprint density at radius 1 is 1.09 bits per heavy atom. The molecule has 0 aromatic heterocycles. The lowest BCUT2D eigenvalue weighted by molar-refractivity contribution is -0.140. The standard InChI is InChI=1S/C23H29N3O6S/c1-16-7-4-5-8-18(16)14-24-22(27)23(28)25-15-21-26(11-6-12-32-21)33(29,30)19-9-10-20(31-3)17(2)13-19/h4-5,7-10,13,21H,6,11-12,14-15H2,1-3H3,(H,24,27)(H,25,28). The molecule has 1 fully saturated rings. The van der Waals surface area contributed by atoms with Crippen molar-refractivity contribution in [3.63, 3.8) is 0 Å². The molecule has 0 radical (unpaired) electrons. The highest BCUT2D eigenvalue weighted by Crippen LogP contribution is 2.26. The lowest BCUT2D eigenvalue weighted by atomic mass is 10.1. The summed E-state index contributed by atoms with van der Waals surface area (Å²) in [7, 11) is -2.36. The van der Waals surface area contributed by atoms with Crippen LogP contribution in [0.1, 0.15) is 23.1 Å². The molecule has 1 atom stereocenters. The highest BCUT2D eigenvalue weighted by Gasteiger charge is 2.35. The first kappa shape index (κ1) is 24.7. The summed E-state index contributed by atoms with van der Waals surface area (Å²) in [5.74, 6) is -1.06. The average Bonchev–Trinajstić information content (AvgIpc) is 2.81. The van der Waals surface area contributed by atoms with E-state index in [4.69, 9.17) is 9.47 Å². The predicted octanol–water partition coefficient (Wildman–Crippen LogP) is 1.48. The molecule has 0 aliphatic carbocycles. The zero-order chi connectivity index (χ0) is 24.0. The summed E-state index contributed by atoms with van der Waals surface area (Å²) in [5.41, 5.74) is 2.59. The van der Waals surface area contributed by atoms with Crippen molar-refractivity contribution >= 4 is 21.8 Å². The van der Waals surface area contributed by atoms with Gasteiger partial charge < -0.3 is 20.1 Å². The highest BCUT2D eigenvalue weighted by molar-refractivity contribution is 7.89. The van der Waals surface area contributed by atoms with Crippen LogP contribution in [0.15, 0.2) is 47.4 Å². The largest absolute Gasteiger partial charge is 0.496 e. The van der Waals surface area contributed by atoms with Gasteiger partial charge in [-0.15, -0.1) is 0 Å². The molecule has 2 aromatic rings. The van der Waals surface area contributed by atoms with Crippen molar-refractivity contribution in [1.29, 1.82) is 0 Å². The van der Waals surface area contributed by atoms with Crippen LogP contribution in [0.4, 0.5) is 0 Å². The molecule has 33 heavy (non-hydrogen) atoms. The second-order valence-electron chi connectivity index (χ2n) is 7.75. The van der Waals surface area contributed by atoms with E-state index in [0.717, 1.165) is 11.1 Å². The Kier molecular flexibility index (Phi) is 8.06. The van der Waals surface area contributed by atoms with Crippen LogP contribution in [0.2, 0.25) is 0 Å². The Morgan fingerprint density at radius 2 is 1.82 bits per heavy atom. The van der Waals surface area contributed by atoms with Crippen molar-refractivity contribution in [2.75, 3.05) is 26.8 Å². The number of sulfonamides is 1. The first-order valence-corrected chi connectivity index (χ1v) is 12.1. The highest BCUT2D eigenvalue weighted by atomic mass is 32.2. The molecule has 0 bridgehead atoms. The molecule has 1 heterocycles. The topological polar surface area (TPSA) is 114 Å². The molecule has 2 amide bonds. The summed E-state index contributed by atoms with van der Waals surface area (Å²) in [6, 6.07) is 12.2. The van der Waals surface area contributed by atoms with E-state index in [9.17, 15) is 18.0 Å². The van der Waals surface area contributed by atoms with E-state index in [2.05, 4.69) is 10.6 Å². The second kappa shape index (κ2) is 10.8. The lowest BCUT2D eigenvalue weighted by Crippen LogP contribution is -2.53. The van der Waals surface area contributed by atoms with Gasteiger partial charge in [-0.25, -0.2) is 8.42 Å². The molecule has 0 spiro atoms. The van der Waals surface area contributed by atoms with Crippen molar-refractivity contribution < 1.29 is 27.5 Å². The molecule has 3 rings (SSSR count). The Labute approximate surface area is 194 Å². The van der Waals surface area contributed by atoms with E-state index in [0.29, 0.717) is 24.3 Å². The summed E-state index contributed by atoms with van der Waals surface area (Å²) in [6.45, 7) is 4.35. The summed E-state index contributed by atoms with van der Waals surface area (Å²) in [6.07, 6.45) is -0.394. The van der Waals surface area contributed by atoms with Gasteiger partial charge in [-0.1, -0.05) is 24.3 Å². The third kappa shape index (κ3) is 5.89. The van der Waals surface area contributed by atoms with E-state index < -0.39 is 28.1 Å². The maximum atomic E-state index is 13.2. The van der Waals surface area contributed by atoms with Gasteiger partial charge in [0, 0.05) is 13.1 Å². The number of hydrogen-bond donors (Lipinski definition) is 2. The maximum Gasteiger partial charge on any atom is 0.309 e. The molecule has 9 nitrogen and oxygen atoms in total. The molecular weight excluding hydrogens is 446 g/mol. The Balaban J connectivity index is 1.63. The van der Waals surface area contributed by atoms with Crippen LogP contribution in [0, 0.1) is 13.8 Å². The number of nitrogens with zero attached hydrogens (tertiary/aromatic N) is 1. The molecular formula is C23H29N3O6S. The van der Waals surface area contributed by atoms with Crippen LogP contribution in [0.3, 0.4) is 0 Å². The Morgan fingerprint density at radius 3 is 2.52 bits per heavy atom. The van der Waals surface area contributed by atoms with E-state index >= 15 is 0 Å². The maximum absolute atomic E-state index is 13.2. The summed E-state index contributed by atoms with van der Waals surface area (Å²) in [5, 5.41) is 5.06. The van der Waals surface area contributed by atoms with Crippen LogP contribution in [0.5, 0.6) is 5.75 Å². The molecule has 1 unspecified atom stereocenters. The SMILES string of the molecule is COc1ccc(S(=O)(=O)N2CCCOC2CNC(=O)C(=O)NCc2ccccc2C)cc1C. The van der Waals surface area contributed by atoms with Gasteiger partial charge in [0.05, 0.1) is 25.2 Å². The van der Waals surface area contributed by atoms with Crippen LogP contribution in [-0.2, 0) is 30.9 Å². The molecule has 2 N–H and O–H groups in total. The summed E-state index contributed by atoms with van der Waals surface area (Å²) in [4.78, 5) is 24.6. The number of methoxy groups -OCH3 is 1. The lowest BCUT2D eigenvalue weighted by Gasteiger charge is -2.34. The molecule has 1 saturated heterocycles. The molecule has 2 aromatic carbocycles. The fourth-order valence-corrected chi connectivity index (χ4v) is 5.22. The summed E-state index contributed by atoms with van der Waals surface area (Å²) < 4.78 is 38.5. The van der Waals surface area contributed by atoms with Gasteiger partial charge in [0.1, 0.15) is 12.0 Å². The van der Waals surface area contributed by atoms with Gasteiger partial charge in [0.2, 0.25) is 10.0 Å². The third-order valence-corrected chi connectivity index (χ3v) is 7.36. The number of rotatable bonds is 7. The molecule has 1 aliphatic heterocycles. The zero-order valence-electron chi connectivity index (χ0n) is 19.0. The average molecular weight is 476 g/mol. The van der Waals surface area contributed by atoms with Crippen molar-refractivity contribution in [3.8, 4) is 5.75 Å². The minimum absolute atomic E-state index is 0.110. The van der Waals surface area contributed by atoms with E-state index in [1.54, 1.807) is 13.0 Å². The minimum atomic E-state index is -3.88. The fourth-order valence-electron chi connectivity index (χ4n) is 3.57. The van der Waals surface area contributed by atoms with E-state index in [1.165, 1.54) is 23.5 Å². The predicted molar refractivity (Wildman–Crippen MR) is 122 cm³/mol. The normalized spacial score (nSPS) is 16.8. The Hall–Kier alpha value is -2.95. The number of aryl methyl sites for hydroxylation is 2. The van der Waals surface area contributed by atoms with Crippen molar-refractivity contribution in [2.45, 2.75) is 37.9 Å². The first-order valence-electron chi connectivity index (χ1n) is 10.6. The monoisotopic (exact) mass is 475 g/mol. The van der Waals surface area contributed by atoms with Gasteiger partial charge in [-0.2, -0.15) is 4.31 Å². The number of amides is 2. The van der Waals surface area contributed by atoms with Crippen molar-refractivity contribution in [3.05, 3.63) is 59.2 Å². The number of hydrogen-bond acceptors (Lipinski definition) is 6. The number of carbonyl (C=O) groups excluding carboxylic acids is 2. The fraction of sp³-hybridized carbons (Fsp3) is 0.391. The van der Waals surface area contributed by atoms with Gasteiger partial charge in [0.25, 0.3) is 0 Å². The first-order chi connectivity index (χ1) is 15.7. The van der Waals surface area contributed by atoms with Crippen molar-refractivity contribution in [1.82, 2.24) is 14.9 Å². The van der Waals surface area contributed by atoms with Gasteiger partial charge in [-0.3, -0.25) is 9.59 Å². The van der Waals surface area contributed by atoms with Crippen molar-refractivity contribution in [2.24, 2.45) is 0 Å². The smallest absolute Gasteiger partial charge is 0.309 e. The third-order valence-electron chi connectivity index (χ3n) is 5.47. The van der Waals surface area contributed by atoms with Gasteiger partial charge >= 0.3 is 11.8 Å². The molecule has 178 valence electrons. The zero-order valence-corrected chi connectivity index (χ0v) is 19.8. The Bertz CT molecular complexity index is 1120. The number of benzene rings is 2. The number of carbonyl (C=O) groups is 2. The van der Waals surface area contributed by atoms with Crippen LogP contribution < -0.4 is 15.4 Å². The minimum Gasteiger partial charge on any atom is -0.496 e. The molecule has 10 heteroatoms. The number of ether oxygens (including phenoxy) is 2.